The highest BCUT2D eigenvalue weighted by Gasteiger charge is 2.15. The third-order valence-electron chi connectivity index (χ3n) is 3.32. The van der Waals surface area contributed by atoms with Gasteiger partial charge in [-0.2, -0.15) is 0 Å². The molecule has 0 fully saturated rings. The summed E-state index contributed by atoms with van der Waals surface area (Å²) in [5.41, 5.74) is 1.63. The number of hydrogen-bond donors (Lipinski definition) is 0. The van der Waals surface area contributed by atoms with Crippen LogP contribution in [-0.2, 0) is 5.41 Å². The highest BCUT2D eigenvalue weighted by atomic mass is 127. The predicted molar refractivity (Wildman–Crippen MR) is 90.7 cm³/mol. The van der Waals surface area contributed by atoms with Gasteiger partial charge in [0, 0.05) is 23.7 Å². The van der Waals surface area contributed by atoms with Gasteiger partial charge in [0.2, 0.25) is 0 Å². The first-order valence-corrected chi connectivity index (χ1v) is 7.97. The minimum absolute atomic E-state index is 0.220. The molecule has 0 aliphatic carbocycles. The molecule has 2 heteroatoms. The molecule has 0 N–H and O–H groups in total. The van der Waals surface area contributed by atoms with Gasteiger partial charge in [0.15, 0.2) is 0 Å². The molecule has 1 heterocycles. The van der Waals surface area contributed by atoms with E-state index < -0.39 is 0 Å². The van der Waals surface area contributed by atoms with Gasteiger partial charge in [-0.3, -0.25) is 0 Å². The molecule has 0 aliphatic rings. The lowest BCUT2D eigenvalue weighted by Crippen LogP contribution is -2.10. The number of rotatable bonds is 0. The van der Waals surface area contributed by atoms with Crippen molar-refractivity contribution in [2.24, 2.45) is 0 Å². The van der Waals surface area contributed by atoms with Crippen LogP contribution in [0.4, 0.5) is 0 Å². The van der Waals surface area contributed by atoms with Gasteiger partial charge in [-0.25, -0.2) is 0 Å². The number of thiophene rings is 1. The highest BCUT2D eigenvalue weighted by molar-refractivity contribution is 14.1. The largest absolute Gasteiger partial charge is 0.134 e. The van der Waals surface area contributed by atoms with Crippen LogP contribution in [0.25, 0.3) is 20.2 Å². The molecule has 0 aliphatic heterocycles. The molecule has 18 heavy (non-hydrogen) atoms. The van der Waals surface area contributed by atoms with Crippen molar-refractivity contribution in [3.05, 3.63) is 45.5 Å². The van der Waals surface area contributed by atoms with E-state index in [4.69, 9.17) is 0 Å². The van der Waals surface area contributed by atoms with Crippen LogP contribution in [-0.4, -0.2) is 0 Å². The number of fused-ring (bicyclic) bond motifs is 3. The molecule has 0 radical (unpaired) electrons. The highest BCUT2D eigenvalue weighted by Crippen LogP contribution is 2.38. The maximum Gasteiger partial charge on any atom is 0.0488 e. The molecule has 0 unspecified atom stereocenters. The predicted octanol–water partition coefficient (Wildman–Crippen LogP) is 5.96. The molecule has 0 atom stereocenters. The fraction of sp³-hybridized carbons (Fsp3) is 0.250. The van der Waals surface area contributed by atoms with E-state index in [0.29, 0.717) is 0 Å². The van der Waals surface area contributed by atoms with Crippen LogP contribution in [0, 0.1) is 3.57 Å². The average molecular weight is 366 g/mol. The van der Waals surface area contributed by atoms with Crippen LogP contribution in [0.15, 0.2) is 36.4 Å². The summed E-state index contributed by atoms with van der Waals surface area (Å²) in [5.74, 6) is 0. The van der Waals surface area contributed by atoms with E-state index in [0.717, 1.165) is 0 Å². The Kier molecular flexibility index (Phi) is 2.90. The van der Waals surface area contributed by atoms with Crippen molar-refractivity contribution in [1.82, 2.24) is 0 Å². The summed E-state index contributed by atoms with van der Waals surface area (Å²) in [6.07, 6.45) is 0. The minimum Gasteiger partial charge on any atom is -0.134 e. The van der Waals surface area contributed by atoms with Crippen LogP contribution < -0.4 is 0 Å². The molecule has 3 rings (SSSR count). The van der Waals surface area contributed by atoms with Crippen molar-refractivity contribution in [3.63, 3.8) is 0 Å². The molecule has 0 saturated carbocycles. The molecule has 0 nitrogen and oxygen atoms in total. The number of benzene rings is 2. The Labute approximate surface area is 125 Å². The molecule has 0 spiro atoms. The SMILES string of the molecule is CC(C)(C)c1ccc2c(c1)sc1c(I)cccc12. The van der Waals surface area contributed by atoms with Gasteiger partial charge in [0.25, 0.3) is 0 Å². The van der Waals surface area contributed by atoms with E-state index in [1.807, 2.05) is 11.3 Å². The quantitative estimate of drug-likeness (QED) is 0.431. The molecular weight excluding hydrogens is 351 g/mol. The fourth-order valence-corrected chi connectivity index (χ4v) is 4.21. The first kappa shape index (κ1) is 12.4. The Balaban J connectivity index is 2.37. The average Bonchev–Trinajstić information content (AvgIpc) is 2.67. The third kappa shape index (κ3) is 1.95. The van der Waals surface area contributed by atoms with Crippen molar-refractivity contribution in [1.29, 1.82) is 0 Å². The summed E-state index contributed by atoms with van der Waals surface area (Å²) < 4.78 is 4.17. The first-order chi connectivity index (χ1) is 8.47. The zero-order valence-electron chi connectivity index (χ0n) is 10.8. The van der Waals surface area contributed by atoms with Crippen LogP contribution >= 0.6 is 33.9 Å². The van der Waals surface area contributed by atoms with E-state index >= 15 is 0 Å². The summed E-state index contributed by atoms with van der Waals surface area (Å²) >= 11 is 4.34. The van der Waals surface area contributed by atoms with Crippen LogP contribution in [0.3, 0.4) is 0 Å². The number of halogens is 1. The van der Waals surface area contributed by atoms with Gasteiger partial charge in [-0.1, -0.05) is 45.0 Å². The maximum absolute atomic E-state index is 2.43. The Morgan fingerprint density at radius 3 is 2.50 bits per heavy atom. The van der Waals surface area contributed by atoms with E-state index in [1.54, 1.807) is 0 Å². The molecule has 0 bridgehead atoms. The van der Waals surface area contributed by atoms with E-state index in [1.165, 1.54) is 29.3 Å². The lowest BCUT2D eigenvalue weighted by atomic mass is 9.87. The Morgan fingerprint density at radius 2 is 1.78 bits per heavy atom. The van der Waals surface area contributed by atoms with E-state index in [2.05, 4.69) is 79.8 Å². The second-order valence-electron chi connectivity index (χ2n) is 5.68. The van der Waals surface area contributed by atoms with Crippen LogP contribution in [0.5, 0.6) is 0 Å². The normalized spacial score (nSPS) is 12.4. The van der Waals surface area contributed by atoms with E-state index in [-0.39, 0.29) is 5.41 Å². The lowest BCUT2D eigenvalue weighted by Gasteiger charge is -2.18. The zero-order chi connectivity index (χ0) is 12.9. The number of hydrogen-bond acceptors (Lipinski definition) is 1. The molecule has 0 saturated heterocycles. The second kappa shape index (κ2) is 4.20. The Morgan fingerprint density at radius 1 is 1.00 bits per heavy atom. The van der Waals surface area contributed by atoms with Gasteiger partial charge in [0.1, 0.15) is 0 Å². The van der Waals surface area contributed by atoms with Crippen molar-refractivity contribution in [2.45, 2.75) is 26.2 Å². The second-order valence-corrected chi connectivity index (χ2v) is 7.89. The zero-order valence-corrected chi connectivity index (χ0v) is 13.7. The third-order valence-corrected chi connectivity index (χ3v) is 5.78. The Hall–Kier alpha value is -0.610. The molecule has 1 aromatic heterocycles. The monoisotopic (exact) mass is 366 g/mol. The Bertz CT molecular complexity index is 732. The van der Waals surface area contributed by atoms with Gasteiger partial charge in [-0.05, 0) is 45.7 Å². The van der Waals surface area contributed by atoms with Gasteiger partial charge in [-0.15, -0.1) is 11.3 Å². The van der Waals surface area contributed by atoms with Gasteiger partial charge < -0.3 is 0 Å². The fourth-order valence-electron chi connectivity index (χ4n) is 2.23. The lowest BCUT2D eigenvalue weighted by molar-refractivity contribution is 0.591. The van der Waals surface area contributed by atoms with Crippen molar-refractivity contribution in [2.75, 3.05) is 0 Å². The standard InChI is InChI=1S/C16H15IS/c1-16(2,3)10-7-8-11-12-5-4-6-13(17)15(12)18-14(11)9-10/h4-9H,1-3H3. The maximum atomic E-state index is 2.43. The van der Waals surface area contributed by atoms with Gasteiger partial charge >= 0.3 is 0 Å². The van der Waals surface area contributed by atoms with Crippen molar-refractivity contribution >= 4 is 54.1 Å². The topological polar surface area (TPSA) is 0 Å². The summed E-state index contributed by atoms with van der Waals surface area (Å²) in [4.78, 5) is 0. The van der Waals surface area contributed by atoms with Crippen molar-refractivity contribution < 1.29 is 0 Å². The van der Waals surface area contributed by atoms with E-state index in [9.17, 15) is 0 Å². The molecule has 92 valence electrons. The van der Waals surface area contributed by atoms with Gasteiger partial charge in [0.05, 0.1) is 0 Å². The minimum atomic E-state index is 0.220. The molecule has 0 amide bonds. The van der Waals surface area contributed by atoms with Crippen molar-refractivity contribution in [3.8, 4) is 0 Å². The van der Waals surface area contributed by atoms with Crippen LogP contribution in [0.2, 0.25) is 0 Å². The summed E-state index contributed by atoms with van der Waals surface area (Å²) in [5, 5.41) is 2.78. The summed E-state index contributed by atoms with van der Waals surface area (Å²) in [6.45, 7) is 6.81. The van der Waals surface area contributed by atoms with Crippen LogP contribution in [0.1, 0.15) is 26.3 Å². The molecule has 3 aromatic rings. The first-order valence-electron chi connectivity index (χ1n) is 6.08. The smallest absolute Gasteiger partial charge is 0.0488 e. The summed E-state index contributed by atoms with van der Waals surface area (Å²) in [7, 11) is 0. The molecule has 2 aromatic carbocycles. The molecular formula is C16H15IS. The summed E-state index contributed by atoms with van der Waals surface area (Å²) in [6, 6.07) is 13.5.